The maximum atomic E-state index is 12.2. The van der Waals surface area contributed by atoms with Crippen LogP contribution in [-0.4, -0.2) is 49.1 Å². The average Bonchev–Trinajstić information content (AvgIpc) is 2.78. The maximum absolute atomic E-state index is 12.2. The van der Waals surface area contributed by atoms with Gasteiger partial charge in [-0.2, -0.15) is 0 Å². The number of sulfonamides is 1. The van der Waals surface area contributed by atoms with Gasteiger partial charge in [-0.3, -0.25) is 20.3 Å². The number of imide groups is 1. The number of rotatable bonds is 11. The van der Waals surface area contributed by atoms with Crippen LogP contribution < -0.4 is 21.1 Å². The molecule has 0 aliphatic heterocycles. The van der Waals surface area contributed by atoms with Gasteiger partial charge in [0.1, 0.15) is 11.9 Å². The van der Waals surface area contributed by atoms with E-state index >= 15 is 0 Å². The Balaban J connectivity index is 1.95. The van der Waals surface area contributed by atoms with E-state index in [4.69, 9.17) is 11.1 Å². The number of amides is 3. The molecule has 11 nitrogen and oxygen atoms in total. The standard InChI is InChI=1S/C22H27N5O6S/c1-2-3-12-34(32,33)27-18(21(29)30)13-14-4-10-17(11-5-14)25-22(31)26-20(28)16-8-6-15(7-9-16)19(23)24/h4-11,18,27H,2-3,12-13H2,1H3,(H3,23,24)(H,29,30)(H2,25,26,28,31)/t18-/m0/s1. The van der Waals surface area contributed by atoms with Crippen LogP contribution in [0.1, 0.15) is 41.3 Å². The van der Waals surface area contributed by atoms with Crippen molar-refractivity contribution in [2.45, 2.75) is 32.2 Å². The van der Waals surface area contributed by atoms with Crippen LogP contribution in [0.3, 0.4) is 0 Å². The number of carbonyl (C=O) groups excluding carboxylic acids is 2. The molecule has 0 spiro atoms. The third-order valence-corrected chi connectivity index (χ3v) is 6.19. The summed E-state index contributed by atoms with van der Waals surface area (Å²) in [6.07, 6.45) is 1.01. The molecular formula is C22H27N5O6S. The molecule has 0 bridgehead atoms. The van der Waals surface area contributed by atoms with Gasteiger partial charge in [0.25, 0.3) is 5.91 Å². The minimum atomic E-state index is -3.72. The molecule has 34 heavy (non-hydrogen) atoms. The normalized spacial score (nSPS) is 11.9. The van der Waals surface area contributed by atoms with E-state index in [1.807, 2.05) is 6.92 Å². The number of carboxylic acid groups (broad SMARTS) is 1. The molecule has 0 aromatic heterocycles. The van der Waals surface area contributed by atoms with Gasteiger partial charge in [-0.15, -0.1) is 0 Å². The molecule has 2 rings (SSSR count). The van der Waals surface area contributed by atoms with Gasteiger partial charge in [-0.1, -0.05) is 37.6 Å². The zero-order chi connectivity index (χ0) is 25.3. The summed E-state index contributed by atoms with van der Waals surface area (Å²) in [6, 6.07) is 9.85. The summed E-state index contributed by atoms with van der Waals surface area (Å²) in [7, 11) is -3.72. The number of hydrogen-bond acceptors (Lipinski definition) is 6. The van der Waals surface area contributed by atoms with Crippen LogP contribution >= 0.6 is 0 Å². The molecule has 0 aliphatic carbocycles. The highest BCUT2D eigenvalue weighted by Crippen LogP contribution is 2.12. The Morgan fingerprint density at radius 3 is 2.15 bits per heavy atom. The van der Waals surface area contributed by atoms with Crippen LogP contribution in [0.5, 0.6) is 0 Å². The van der Waals surface area contributed by atoms with Crippen molar-refractivity contribution < 1.29 is 27.9 Å². The molecule has 2 aromatic carbocycles. The lowest BCUT2D eigenvalue weighted by molar-refractivity contribution is -0.138. The molecule has 12 heteroatoms. The number of unbranched alkanes of at least 4 members (excludes halogenated alkanes) is 1. The summed E-state index contributed by atoms with van der Waals surface area (Å²) in [5, 5.41) is 21.4. The van der Waals surface area contributed by atoms with Crippen LogP contribution in [0, 0.1) is 5.41 Å². The van der Waals surface area contributed by atoms with Crippen molar-refractivity contribution in [2.75, 3.05) is 11.1 Å². The second-order valence-electron chi connectivity index (χ2n) is 7.48. The number of aliphatic carboxylic acids is 1. The van der Waals surface area contributed by atoms with E-state index in [1.165, 1.54) is 36.4 Å². The molecular weight excluding hydrogens is 462 g/mol. The van der Waals surface area contributed by atoms with E-state index in [2.05, 4.69) is 15.4 Å². The van der Waals surface area contributed by atoms with Gasteiger partial charge in [0.15, 0.2) is 0 Å². The van der Waals surface area contributed by atoms with E-state index in [9.17, 15) is 27.9 Å². The van der Waals surface area contributed by atoms with Gasteiger partial charge in [0.2, 0.25) is 10.0 Å². The van der Waals surface area contributed by atoms with Crippen LogP contribution in [0.2, 0.25) is 0 Å². The number of carbonyl (C=O) groups is 3. The second kappa shape index (κ2) is 11.9. The molecule has 182 valence electrons. The molecule has 0 aliphatic rings. The highest BCUT2D eigenvalue weighted by atomic mass is 32.2. The topological polar surface area (TPSA) is 192 Å². The van der Waals surface area contributed by atoms with Crippen molar-refractivity contribution in [2.24, 2.45) is 5.73 Å². The molecule has 2 aromatic rings. The third kappa shape index (κ3) is 8.30. The smallest absolute Gasteiger partial charge is 0.326 e. The number of amidine groups is 1. The lowest BCUT2D eigenvalue weighted by Crippen LogP contribution is -2.43. The first-order valence-corrected chi connectivity index (χ1v) is 12.0. The lowest BCUT2D eigenvalue weighted by Gasteiger charge is -2.15. The highest BCUT2D eigenvalue weighted by molar-refractivity contribution is 7.89. The Kier molecular flexibility index (Phi) is 9.27. The van der Waals surface area contributed by atoms with Crippen LogP contribution in [-0.2, 0) is 21.2 Å². The van der Waals surface area contributed by atoms with Crippen molar-refractivity contribution in [1.29, 1.82) is 5.41 Å². The van der Waals surface area contributed by atoms with Crippen molar-refractivity contribution in [3.05, 3.63) is 65.2 Å². The zero-order valence-electron chi connectivity index (χ0n) is 18.5. The number of hydrogen-bond donors (Lipinski definition) is 6. The zero-order valence-corrected chi connectivity index (χ0v) is 19.3. The fourth-order valence-corrected chi connectivity index (χ4v) is 4.29. The maximum Gasteiger partial charge on any atom is 0.326 e. The van der Waals surface area contributed by atoms with E-state index in [0.29, 0.717) is 29.7 Å². The van der Waals surface area contributed by atoms with Crippen molar-refractivity contribution in [3.63, 3.8) is 0 Å². The predicted molar refractivity (Wildman–Crippen MR) is 127 cm³/mol. The average molecular weight is 490 g/mol. The number of nitrogens with one attached hydrogen (secondary N) is 4. The fourth-order valence-electron chi connectivity index (χ4n) is 2.89. The van der Waals surface area contributed by atoms with E-state index in [-0.39, 0.29) is 23.6 Å². The summed E-state index contributed by atoms with van der Waals surface area (Å²) in [5.74, 6) is -2.23. The first-order chi connectivity index (χ1) is 16.0. The highest BCUT2D eigenvalue weighted by Gasteiger charge is 2.24. The second-order valence-corrected chi connectivity index (χ2v) is 9.35. The van der Waals surface area contributed by atoms with Crippen LogP contribution in [0.4, 0.5) is 10.5 Å². The van der Waals surface area contributed by atoms with Gasteiger partial charge in [0.05, 0.1) is 5.75 Å². The SMILES string of the molecule is CCCCS(=O)(=O)N[C@@H](Cc1ccc(NC(=O)NC(=O)c2ccc(C(=N)N)cc2)cc1)C(=O)O. The van der Waals surface area contributed by atoms with Crippen LogP contribution in [0.15, 0.2) is 48.5 Å². The Morgan fingerprint density at radius 1 is 1.03 bits per heavy atom. The third-order valence-electron chi connectivity index (χ3n) is 4.72. The molecule has 0 fully saturated rings. The van der Waals surface area contributed by atoms with E-state index in [0.717, 1.165) is 0 Å². The number of urea groups is 1. The largest absolute Gasteiger partial charge is 0.480 e. The van der Waals surface area contributed by atoms with Gasteiger partial charge in [-0.25, -0.2) is 17.9 Å². The molecule has 7 N–H and O–H groups in total. The van der Waals surface area contributed by atoms with Crippen molar-refractivity contribution >= 4 is 39.5 Å². The van der Waals surface area contributed by atoms with E-state index < -0.39 is 34.0 Å². The van der Waals surface area contributed by atoms with Gasteiger partial charge < -0.3 is 16.2 Å². The summed E-state index contributed by atoms with van der Waals surface area (Å²) in [6.45, 7) is 1.84. The predicted octanol–water partition coefficient (Wildman–Crippen LogP) is 1.65. The molecule has 0 saturated heterocycles. The molecule has 0 heterocycles. The summed E-state index contributed by atoms with van der Waals surface area (Å²) in [5.41, 5.74) is 6.90. The Morgan fingerprint density at radius 2 is 1.62 bits per heavy atom. The molecule has 0 unspecified atom stereocenters. The summed E-state index contributed by atoms with van der Waals surface area (Å²) >= 11 is 0. The minimum Gasteiger partial charge on any atom is -0.480 e. The molecule has 3 amide bonds. The van der Waals surface area contributed by atoms with Crippen molar-refractivity contribution in [1.82, 2.24) is 10.0 Å². The molecule has 1 atom stereocenters. The molecule has 0 radical (unpaired) electrons. The quantitative estimate of drug-likeness (QED) is 0.204. The summed E-state index contributed by atoms with van der Waals surface area (Å²) in [4.78, 5) is 35.8. The number of anilines is 1. The van der Waals surface area contributed by atoms with Gasteiger partial charge >= 0.3 is 12.0 Å². The minimum absolute atomic E-state index is 0.0814. The first kappa shape index (κ1) is 26.5. The van der Waals surface area contributed by atoms with Gasteiger partial charge in [-0.05, 0) is 42.7 Å². The van der Waals surface area contributed by atoms with Crippen LogP contribution in [0.25, 0.3) is 0 Å². The van der Waals surface area contributed by atoms with Crippen molar-refractivity contribution in [3.8, 4) is 0 Å². The Hall–Kier alpha value is -3.77. The number of carboxylic acids is 1. The summed E-state index contributed by atoms with van der Waals surface area (Å²) < 4.78 is 26.3. The Bertz CT molecular complexity index is 1150. The van der Waals surface area contributed by atoms with E-state index in [1.54, 1.807) is 12.1 Å². The van der Waals surface area contributed by atoms with Gasteiger partial charge in [0, 0.05) is 16.8 Å². The fraction of sp³-hybridized carbons (Fsp3) is 0.273. The lowest BCUT2D eigenvalue weighted by atomic mass is 10.1. The molecule has 0 saturated carbocycles. The first-order valence-electron chi connectivity index (χ1n) is 10.4. The number of nitrogens with two attached hydrogens (primary N) is 1. The monoisotopic (exact) mass is 489 g/mol. The number of nitrogen functional groups attached to an aromatic ring is 1. The number of benzene rings is 2. The Labute approximate surface area is 197 Å².